The highest BCUT2D eigenvalue weighted by molar-refractivity contribution is 5.88. The van der Waals surface area contributed by atoms with Crippen molar-refractivity contribution in [1.29, 1.82) is 0 Å². The Morgan fingerprint density at radius 3 is 2.50 bits per heavy atom. The highest BCUT2D eigenvalue weighted by atomic mass is 16.5. The Morgan fingerprint density at radius 2 is 1.78 bits per heavy atom. The Hall–Kier alpha value is -2.18. The van der Waals surface area contributed by atoms with Crippen molar-refractivity contribution in [2.24, 2.45) is 40.4 Å². The zero-order valence-electron chi connectivity index (χ0n) is 22.3. The molecule has 1 N–H and O–H groups in total. The number of Topliss-reactive ketones (excluding diaryl/α,β-unsaturated/α-hetero) is 1. The second-order valence-corrected chi connectivity index (χ2v) is 12.6. The van der Waals surface area contributed by atoms with Gasteiger partial charge in [-0.3, -0.25) is 9.59 Å². The molecule has 4 aliphatic carbocycles. The maximum Gasteiger partial charge on any atom is 0.354 e. The van der Waals surface area contributed by atoms with Gasteiger partial charge in [0.25, 0.3) is 0 Å². The number of imidazole rings is 1. The third-order valence-electron chi connectivity index (χ3n) is 11.1. The maximum atomic E-state index is 13.6. The molecule has 0 aliphatic heterocycles. The van der Waals surface area contributed by atoms with Gasteiger partial charge in [0.2, 0.25) is 0 Å². The number of rotatable bonds is 6. The van der Waals surface area contributed by atoms with Crippen LogP contribution >= 0.6 is 0 Å². The SMILES string of the molecule is CCC(=O)O[C@H]1CC[C@]2(C)C3CC[C@]4(C)C(C(=O)Cn5cnc(C)c5C(=O)O)CCC4C3CC[C@@H]2C1. The third-order valence-corrected chi connectivity index (χ3v) is 11.1. The Morgan fingerprint density at radius 1 is 1.06 bits per heavy atom. The number of carboxylic acids is 1. The minimum atomic E-state index is -1.03. The lowest BCUT2D eigenvalue weighted by molar-refractivity contribution is -0.162. The van der Waals surface area contributed by atoms with Gasteiger partial charge in [-0.2, -0.15) is 0 Å². The number of aryl methyl sites for hydroxylation is 1. The van der Waals surface area contributed by atoms with E-state index < -0.39 is 5.97 Å². The van der Waals surface area contributed by atoms with Crippen molar-refractivity contribution in [1.82, 2.24) is 9.55 Å². The first-order chi connectivity index (χ1) is 17.1. The molecule has 198 valence electrons. The van der Waals surface area contributed by atoms with Crippen molar-refractivity contribution in [2.45, 2.75) is 105 Å². The molecule has 8 atom stereocenters. The van der Waals surface area contributed by atoms with E-state index in [9.17, 15) is 19.5 Å². The summed E-state index contributed by atoms with van der Waals surface area (Å²) in [5.41, 5.74) is 0.870. The number of fused-ring (bicyclic) bond motifs is 5. The van der Waals surface area contributed by atoms with Crippen LogP contribution in [-0.2, 0) is 20.9 Å². The number of ketones is 1. The smallest absolute Gasteiger partial charge is 0.354 e. The number of aromatic carboxylic acids is 1. The second kappa shape index (κ2) is 9.29. The van der Waals surface area contributed by atoms with Crippen molar-refractivity contribution < 1.29 is 24.2 Å². The van der Waals surface area contributed by atoms with Gasteiger partial charge in [0.15, 0.2) is 5.78 Å². The first-order valence-corrected chi connectivity index (χ1v) is 14.1. The van der Waals surface area contributed by atoms with E-state index in [1.54, 1.807) is 6.92 Å². The van der Waals surface area contributed by atoms with Crippen molar-refractivity contribution in [3.05, 3.63) is 17.7 Å². The second-order valence-electron chi connectivity index (χ2n) is 12.6. The molecular weight excluding hydrogens is 456 g/mol. The maximum absolute atomic E-state index is 13.6. The summed E-state index contributed by atoms with van der Waals surface area (Å²) in [4.78, 5) is 41.3. The van der Waals surface area contributed by atoms with Crippen LogP contribution in [-0.4, -0.2) is 38.5 Å². The first kappa shape index (κ1) is 25.5. The van der Waals surface area contributed by atoms with Gasteiger partial charge >= 0.3 is 11.9 Å². The van der Waals surface area contributed by atoms with Gasteiger partial charge in [-0.1, -0.05) is 20.8 Å². The minimum Gasteiger partial charge on any atom is -0.477 e. The molecule has 1 aromatic rings. The van der Waals surface area contributed by atoms with E-state index in [0.29, 0.717) is 41.2 Å². The van der Waals surface area contributed by atoms with Crippen molar-refractivity contribution >= 4 is 17.7 Å². The molecule has 0 aromatic carbocycles. The van der Waals surface area contributed by atoms with Crippen LogP contribution in [0.1, 0.15) is 101 Å². The topological polar surface area (TPSA) is 98.5 Å². The lowest BCUT2D eigenvalue weighted by Gasteiger charge is -2.61. The van der Waals surface area contributed by atoms with Crippen LogP contribution in [0, 0.1) is 47.3 Å². The summed E-state index contributed by atoms with van der Waals surface area (Å²) in [6, 6.07) is 0. The molecule has 4 fully saturated rings. The molecule has 0 radical (unpaired) electrons. The van der Waals surface area contributed by atoms with Crippen LogP contribution in [0.15, 0.2) is 6.33 Å². The minimum absolute atomic E-state index is 0.00564. The van der Waals surface area contributed by atoms with Gasteiger partial charge in [-0.15, -0.1) is 0 Å². The predicted molar refractivity (Wildman–Crippen MR) is 134 cm³/mol. The normalized spacial score (nSPS) is 39.6. The molecular formula is C29H42N2O5. The van der Waals surface area contributed by atoms with Gasteiger partial charge in [0.05, 0.1) is 18.6 Å². The average Bonchev–Trinajstić information content (AvgIpc) is 3.38. The summed E-state index contributed by atoms with van der Waals surface area (Å²) in [6.07, 6.45) is 11.8. The molecule has 7 nitrogen and oxygen atoms in total. The number of aromatic nitrogens is 2. The van der Waals surface area contributed by atoms with Crippen LogP contribution in [0.5, 0.6) is 0 Å². The quantitative estimate of drug-likeness (QED) is 0.525. The standard InChI is InChI=1S/C29H42N2O5/c1-5-25(33)36-19-10-12-28(3)18(14-19)6-7-20-21-8-9-23(29(21,4)13-11-22(20)28)24(32)15-31-16-30-17(2)26(31)27(34)35/h16,18-23H,5-15H2,1-4H3,(H,34,35)/t18-,19+,20?,21?,22?,23?,28+,29+/m1/s1. The largest absolute Gasteiger partial charge is 0.477 e. The number of hydrogen-bond acceptors (Lipinski definition) is 5. The number of carbonyl (C=O) groups excluding carboxylic acids is 2. The molecule has 0 spiro atoms. The number of carboxylic acid groups (broad SMARTS) is 1. The molecule has 7 heteroatoms. The summed E-state index contributed by atoms with van der Waals surface area (Å²) < 4.78 is 7.28. The first-order valence-electron chi connectivity index (χ1n) is 14.1. The van der Waals surface area contributed by atoms with Gasteiger partial charge < -0.3 is 14.4 Å². The zero-order valence-corrected chi connectivity index (χ0v) is 22.3. The van der Waals surface area contributed by atoms with Crippen LogP contribution in [0.25, 0.3) is 0 Å². The van der Waals surface area contributed by atoms with E-state index >= 15 is 0 Å². The lowest BCUT2D eigenvalue weighted by Crippen LogP contribution is -2.54. The number of hydrogen-bond donors (Lipinski definition) is 1. The van der Waals surface area contributed by atoms with Crippen LogP contribution in [0.4, 0.5) is 0 Å². The molecule has 4 saturated carbocycles. The molecule has 0 amide bonds. The number of carbonyl (C=O) groups is 3. The lowest BCUT2D eigenvalue weighted by atomic mass is 9.44. The predicted octanol–water partition coefficient (Wildman–Crippen LogP) is 5.44. The molecule has 0 saturated heterocycles. The molecule has 4 aliphatic rings. The van der Waals surface area contributed by atoms with Crippen molar-refractivity contribution in [2.75, 3.05) is 0 Å². The fraction of sp³-hybridized carbons (Fsp3) is 0.793. The van der Waals surface area contributed by atoms with E-state index in [1.807, 2.05) is 6.92 Å². The van der Waals surface area contributed by atoms with E-state index in [1.165, 1.54) is 30.2 Å². The van der Waals surface area contributed by atoms with Crippen LogP contribution < -0.4 is 0 Å². The molecule has 4 unspecified atom stereocenters. The Bertz CT molecular complexity index is 1050. The molecule has 36 heavy (non-hydrogen) atoms. The van der Waals surface area contributed by atoms with Crippen molar-refractivity contribution in [3.8, 4) is 0 Å². The van der Waals surface area contributed by atoms with E-state index in [4.69, 9.17) is 4.74 Å². The van der Waals surface area contributed by atoms with E-state index in [-0.39, 0.29) is 41.4 Å². The highest BCUT2D eigenvalue weighted by Gasteiger charge is 2.61. The van der Waals surface area contributed by atoms with Gasteiger partial charge in [0, 0.05) is 12.3 Å². The van der Waals surface area contributed by atoms with Crippen molar-refractivity contribution in [3.63, 3.8) is 0 Å². The number of ether oxygens (including phenoxy) is 1. The van der Waals surface area contributed by atoms with Gasteiger partial charge in [0.1, 0.15) is 11.8 Å². The Kier molecular flexibility index (Phi) is 6.57. The van der Waals surface area contributed by atoms with E-state index in [2.05, 4.69) is 18.8 Å². The molecule has 0 bridgehead atoms. The zero-order chi connectivity index (χ0) is 25.8. The van der Waals surface area contributed by atoms with E-state index in [0.717, 1.165) is 38.5 Å². The summed E-state index contributed by atoms with van der Waals surface area (Å²) in [7, 11) is 0. The molecule has 5 rings (SSSR count). The van der Waals surface area contributed by atoms with Crippen LogP contribution in [0.3, 0.4) is 0 Å². The highest BCUT2D eigenvalue weighted by Crippen LogP contribution is 2.67. The fourth-order valence-electron chi connectivity index (χ4n) is 9.28. The average molecular weight is 499 g/mol. The summed E-state index contributed by atoms with van der Waals surface area (Å²) in [5, 5.41) is 9.58. The summed E-state index contributed by atoms with van der Waals surface area (Å²) in [5.74, 6) is 1.56. The number of nitrogens with zero attached hydrogens (tertiary/aromatic N) is 2. The van der Waals surface area contributed by atoms with Gasteiger partial charge in [-0.05, 0) is 99.2 Å². The van der Waals surface area contributed by atoms with Gasteiger partial charge in [-0.25, -0.2) is 9.78 Å². The Labute approximate surface area is 214 Å². The fourth-order valence-corrected chi connectivity index (χ4v) is 9.28. The molecule has 1 heterocycles. The summed E-state index contributed by atoms with van der Waals surface area (Å²) in [6.45, 7) is 8.48. The number of esters is 1. The van der Waals surface area contributed by atoms with Crippen LogP contribution in [0.2, 0.25) is 0 Å². The third kappa shape index (κ3) is 4.01. The Balaban J connectivity index is 1.30. The molecule has 1 aromatic heterocycles. The monoisotopic (exact) mass is 498 g/mol. The summed E-state index contributed by atoms with van der Waals surface area (Å²) >= 11 is 0.